The topological polar surface area (TPSA) is 138 Å². The summed E-state index contributed by atoms with van der Waals surface area (Å²) in [6.45, 7) is 8.22. The van der Waals surface area contributed by atoms with Crippen molar-refractivity contribution in [1.82, 2.24) is 14.8 Å². The smallest absolute Gasteiger partial charge is 0.341 e. The molecule has 10 nitrogen and oxygen atoms in total. The number of amides is 2. The third-order valence-corrected chi connectivity index (χ3v) is 7.12. The van der Waals surface area contributed by atoms with E-state index in [1.807, 2.05) is 42.7 Å². The van der Waals surface area contributed by atoms with Gasteiger partial charge in [0.2, 0.25) is 5.91 Å². The molecule has 2 amide bonds. The number of nitrogens with two attached hydrogens (primary N) is 1. The lowest BCUT2D eigenvalue weighted by Crippen LogP contribution is -2.17. The first kappa shape index (κ1) is 26.2. The normalized spacial score (nSPS) is 10.7. The van der Waals surface area contributed by atoms with Crippen LogP contribution >= 0.6 is 23.1 Å². The number of rotatable bonds is 11. The number of thioether (sulfide) groups is 1. The fourth-order valence-electron chi connectivity index (χ4n) is 3.21. The summed E-state index contributed by atoms with van der Waals surface area (Å²) < 4.78 is 12.7. The number of anilines is 1. The average Bonchev–Trinajstić information content (AvgIpc) is 3.37. The van der Waals surface area contributed by atoms with Gasteiger partial charge in [0.1, 0.15) is 17.4 Å². The van der Waals surface area contributed by atoms with E-state index in [1.165, 1.54) is 11.8 Å². The van der Waals surface area contributed by atoms with Crippen molar-refractivity contribution in [2.45, 2.75) is 46.0 Å². The standard InChI is InChI=1S/C23H27N5O5S2/c1-5-28-16(11-33-15-9-7-13(3)8-10-15)26-27-23(28)34-12-17(29)25-21-18(22(31)32-6-2)14(4)19(35-21)20(24)30/h7-10H,5-6,11-12H2,1-4H3,(H2,24,30)(H,25,29). The van der Waals surface area contributed by atoms with E-state index in [-0.39, 0.29) is 40.3 Å². The Balaban J connectivity index is 1.67. The van der Waals surface area contributed by atoms with Crippen molar-refractivity contribution >= 4 is 45.9 Å². The van der Waals surface area contributed by atoms with Gasteiger partial charge in [-0.2, -0.15) is 0 Å². The molecule has 12 heteroatoms. The predicted octanol–water partition coefficient (Wildman–Crippen LogP) is 3.56. The third-order valence-electron chi connectivity index (χ3n) is 4.93. The summed E-state index contributed by atoms with van der Waals surface area (Å²) >= 11 is 2.15. The first-order chi connectivity index (χ1) is 16.7. The van der Waals surface area contributed by atoms with Crippen LogP contribution in [0.5, 0.6) is 5.75 Å². The number of aromatic nitrogens is 3. The van der Waals surface area contributed by atoms with Crippen LogP contribution in [0.15, 0.2) is 29.4 Å². The van der Waals surface area contributed by atoms with Gasteiger partial charge in [0.25, 0.3) is 5.91 Å². The molecule has 0 bridgehead atoms. The summed E-state index contributed by atoms with van der Waals surface area (Å²) in [5.74, 6) is -0.289. The Morgan fingerprint density at radius 3 is 2.49 bits per heavy atom. The SMILES string of the molecule is CCOC(=O)c1c(NC(=O)CSc2nnc(COc3ccc(C)cc3)n2CC)sc(C(N)=O)c1C. The number of aryl methyl sites for hydroxylation is 1. The van der Waals surface area contributed by atoms with Crippen LogP contribution in [0.3, 0.4) is 0 Å². The average molecular weight is 518 g/mol. The van der Waals surface area contributed by atoms with E-state index in [4.69, 9.17) is 15.2 Å². The molecular weight excluding hydrogens is 490 g/mol. The van der Waals surface area contributed by atoms with Gasteiger partial charge in [-0.3, -0.25) is 9.59 Å². The van der Waals surface area contributed by atoms with Crippen molar-refractivity contribution in [3.8, 4) is 5.75 Å². The monoisotopic (exact) mass is 517 g/mol. The lowest BCUT2D eigenvalue weighted by molar-refractivity contribution is -0.113. The molecular formula is C23H27N5O5S2. The van der Waals surface area contributed by atoms with Gasteiger partial charge in [0, 0.05) is 6.54 Å². The molecule has 2 aromatic heterocycles. The fraction of sp³-hybridized carbons (Fsp3) is 0.348. The van der Waals surface area contributed by atoms with Crippen molar-refractivity contribution in [1.29, 1.82) is 0 Å². The number of hydrogen-bond donors (Lipinski definition) is 2. The van der Waals surface area contributed by atoms with Crippen LogP contribution in [0.2, 0.25) is 0 Å². The summed E-state index contributed by atoms with van der Waals surface area (Å²) in [6.07, 6.45) is 0. The molecule has 2 heterocycles. The van der Waals surface area contributed by atoms with Gasteiger partial charge in [0.15, 0.2) is 11.0 Å². The fourth-order valence-corrected chi connectivity index (χ4v) is 5.10. The number of carbonyl (C=O) groups excluding carboxylic acids is 3. The van der Waals surface area contributed by atoms with Crippen molar-refractivity contribution in [3.05, 3.63) is 51.7 Å². The molecule has 186 valence electrons. The highest BCUT2D eigenvalue weighted by molar-refractivity contribution is 7.99. The molecule has 0 fully saturated rings. The summed E-state index contributed by atoms with van der Waals surface area (Å²) in [5, 5.41) is 11.9. The molecule has 3 N–H and O–H groups in total. The molecule has 0 unspecified atom stereocenters. The molecule has 0 aliphatic carbocycles. The molecule has 35 heavy (non-hydrogen) atoms. The van der Waals surface area contributed by atoms with E-state index in [2.05, 4.69) is 15.5 Å². The molecule has 0 atom stereocenters. The minimum atomic E-state index is -0.677. The predicted molar refractivity (Wildman–Crippen MR) is 134 cm³/mol. The molecule has 0 radical (unpaired) electrons. The molecule has 3 aromatic rings. The zero-order valence-corrected chi connectivity index (χ0v) is 21.5. The van der Waals surface area contributed by atoms with Gasteiger partial charge < -0.3 is 25.1 Å². The van der Waals surface area contributed by atoms with Crippen LogP contribution in [-0.4, -0.2) is 44.9 Å². The maximum atomic E-state index is 12.7. The Hall–Kier alpha value is -3.38. The van der Waals surface area contributed by atoms with Crippen molar-refractivity contribution < 1.29 is 23.9 Å². The second-order valence-electron chi connectivity index (χ2n) is 7.43. The van der Waals surface area contributed by atoms with E-state index in [0.29, 0.717) is 23.1 Å². The van der Waals surface area contributed by atoms with Gasteiger partial charge in [0.05, 0.1) is 22.8 Å². The largest absolute Gasteiger partial charge is 0.486 e. The lowest BCUT2D eigenvalue weighted by Gasteiger charge is -2.09. The van der Waals surface area contributed by atoms with Crippen LogP contribution < -0.4 is 15.8 Å². The van der Waals surface area contributed by atoms with E-state index >= 15 is 0 Å². The van der Waals surface area contributed by atoms with E-state index in [9.17, 15) is 14.4 Å². The Kier molecular flexibility index (Phi) is 8.88. The molecule has 0 spiro atoms. The number of hydrogen-bond acceptors (Lipinski definition) is 9. The highest BCUT2D eigenvalue weighted by Gasteiger charge is 2.26. The highest BCUT2D eigenvalue weighted by atomic mass is 32.2. The maximum absolute atomic E-state index is 12.7. The van der Waals surface area contributed by atoms with E-state index in [0.717, 1.165) is 22.6 Å². The van der Waals surface area contributed by atoms with Crippen LogP contribution in [0.4, 0.5) is 5.00 Å². The van der Waals surface area contributed by atoms with E-state index in [1.54, 1.807) is 13.8 Å². The number of benzene rings is 1. The molecule has 0 aliphatic heterocycles. The van der Waals surface area contributed by atoms with Crippen LogP contribution in [-0.2, 0) is 22.7 Å². The van der Waals surface area contributed by atoms with Crippen molar-refractivity contribution in [2.24, 2.45) is 5.73 Å². The number of nitrogens with one attached hydrogen (secondary N) is 1. The number of ether oxygens (including phenoxy) is 2. The zero-order valence-electron chi connectivity index (χ0n) is 19.9. The van der Waals surface area contributed by atoms with Gasteiger partial charge in [-0.1, -0.05) is 29.5 Å². The molecule has 0 saturated carbocycles. The number of primary amides is 1. The summed E-state index contributed by atoms with van der Waals surface area (Å²) in [4.78, 5) is 37.0. The Bertz CT molecular complexity index is 1220. The Morgan fingerprint density at radius 2 is 1.86 bits per heavy atom. The summed E-state index contributed by atoms with van der Waals surface area (Å²) in [5.41, 5.74) is 7.07. The molecule has 0 aliphatic rings. The molecule has 3 rings (SSSR count). The Labute approximate surface area is 211 Å². The Morgan fingerprint density at radius 1 is 1.14 bits per heavy atom. The van der Waals surface area contributed by atoms with Gasteiger partial charge in [-0.05, 0) is 45.4 Å². The molecule has 1 aromatic carbocycles. The molecule has 0 saturated heterocycles. The van der Waals surface area contributed by atoms with Gasteiger partial charge in [-0.25, -0.2) is 4.79 Å². The number of nitrogens with zero attached hydrogens (tertiary/aromatic N) is 3. The third kappa shape index (κ3) is 6.40. The summed E-state index contributed by atoms with van der Waals surface area (Å²) in [7, 11) is 0. The highest BCUT2D eigenvalue weighted by Crippen LogP contribution is 2.33. The summed E-state index contributed by atoms with van der Waals surface area (Å²) in [6, 6.07) is 7.72. The number of esters is 1. The van der Waals surface area contributed by atoms with Crippen LogP contribution in [0.1, 0.15) is 50.8 Å². The minimum absolute atomic E-state index is 0.0159. The van der Waals surface area contributed by atoms with Crippen LogP contribution in [0, 0.1) is 13.8 Å². The van der Waals surface area contributed by atoms with E-state index < -0.39 is 11.9 Å². The second kappa shape index (κ2) is 11.8. The first-order valence-corrected chi connectivity index (χ1v) is 12.7. The maximum Gasteiger partial charge on any atom is 0.341 e. The lowest BCUT2D eigenvalue weighted by atomic mass is 10.1. The van der Waals surface area contributed by atoms with Crippen molar-refractivity contribution in [2.75, 3.05) is 17.7 Å². The number of thiophene rings is 1. The minimum Gasteiger partial charge on any atom is -0.486 e. The van der Waals surface area contributed by atoms with Gasteiger partial charge in [-0.15, -0.1) is 21.5 Å². The van der Waals surface area contributed by atoms with Gasteiger partial charge >= 0.3 is 5.97 Å². The quantitative estimate of drug-likeness (QED) is 0.291. The zero-order chi connectivity index (χ0) is 25.5. The number of carbonyl (C=O) groups is 3. The first-order valence-electron chi connectivity index (χ1n) is 10.9. The second-order valence-corrected chi connectivity index (χ2v) is 9.39. The van der Waals surface area contributed by atoms with Crippen molar-refractivity contribution in [3.63, 3.8) is 0 Å². The van der Waals surface area contributed by atoms with Crippen LogP contribution in [0.25, 0.3) is 0 Å².